The number of unbranched alkanes of at least 4 members (excludes halogenated alkanes) is 18. The maximum absolute atomic E-state index is 11.2. The van der Waals surface area contributed by atoms with Crippen LogP contribution in [0.15, 0.2) is 0 Å². The maximum Gasteiger partial charge on any atom is 0.305 e. The Kier molecular flexibility index (Phi) is 21.0. The summed E-state index contributed by atoms with van der Waals surface area (Å²) in [7, 11) is 6.08. The largest absolute Gasteiger partial charge is 0.469 e. The summed E-state index contributed by atoms with van der Waals surface area (Å²) in [5.41, 5.74) is 0. The van der Waals surface area contributed by atoms with Crippen LogP contribution in [0.25, 0.3) is 0 Å². The number of esters is 1. The van der Waals surface area contributed by atoms with Crippen molar-refractivity contribution in [2.45, 2.75) is 167 Å². The van der Waals surface area contributed by atoms with E-state index in [1.54, 1.807) is 0 Å². The first-order valence-electron chi connectivity index (χ1n) is 15.8. The van der Waals surface area contributed by atoms with Crippen LogP contribution in [0, 0.1) is 11.8 Å². The molecule has 1 aliphatic carbocycles. The van der Waals surface area contributed by atoms with Gasteiger partial charge in [0.2, 0.25) is 0 Å². The van der Waals surface area contributed by atoms with Gasteiger partial charge in [-0.15, -0.1) is 0 Å². The van der Waals surface area contributed by atoms with Gasteiger partial charge in [-0.1, -0.05) is 135 Å². The van der Waals surface area contributed by atoms with Gasteiger partial charge in [-0.2, -0.15) is 0 Å². The fourth-order valence-corrected chi connectivity index (χ4v) is 5.96. The van der Waals surface area contributed by atoms with Crippen LogP contribution in [0.1, 0.15) is 161 Å². The molecule has 0 saturated heterocycles. The minimum atomic E-state index is -0.0605. The number of ether oxygens (including phenoxy) is 1. The van der Waals surface area contributed by atoms with Crippen molar-refractivity contribution in [3.8, 4) is 0 Å². The molecule has 0 radical (unpaired) electrons. The third-order valence-corrected chi connectivity index (χ3v) is 8.42. The van der Waals surface area contributed by atoms with Gasteiger partial charge < -0.3 is 9.64 Å². The predicted octanol–water partition coefficient (Wildman–Crippen LogP) is 9.72. The molecule has 3 nitrogen and oxygen atoms in total. The van der Waals surface area contributed by atoms with Crippen molar-refractivity contribution >= 4 is 5.97 Å². The second-order valence-corrected chi connectivity index (χ2v) is 11.8. The summed E-state index contributed by atoms with van der Waals surface area (Å²) in [6, 6.07) is 0.807. The average molecular weight is 494 g/mol. The first-order valence-corrected chi connectivity index (χ1v) is 15.8. The van der Waals surface area contributed by atoms with Gasteiger partial charge >= 0.3 is 5.97 Å². The number of hydrogen-bond donors (Lipinski definition) is 0. The summed E-state index contributed by atoms with van der Waals surface area (Å²) >= 11 is 0. The zero-order chi connectivity index (χ0) is 25.6. The summed E-state index contributed by atoms with van der Waals surface area (Å²) in [6.45, 7) is 2.30. The Morgan fingerprint density at radius 3 is 1.66 bits per heavy atom. The third-order valence-electron chi connectivity index (χ3n) is 8.42. The summed E-state index contributed by atoms with van der Waals surface area (Å²) in [6.07, 6.45) is 32.7. The number of hydrogen-bond acceptors (Lipinski definition) is 3. The Morgan fingerprint density at radius 2 is 1.17 bits per heavy atom. The number of nitrogens with zero attached hydrogens (tertiary/aromatic N) is 1. The van der Waals surface area contributed by atoms with Gasteiger partial charge in [0.25, 0.3) is 0 Å². The summed E-state index contributed by atoms with van der Waals surface area (Å²) < 4.78 is 4.71. The fraction of sp³-hybridized carbons (Fsp3) is 0.969. The van der Waals surface area contributed by atoms with Crippen molar-refractivity contribution in [2.75, 3.05) is 21.2 Å². The van der Waals surface area contributed by atoms with Crippen LogP contribution >= 0.6 is 0 Å². The molecule has 208 valence electrons. The van der Waals surface area contributed by atoms with Crippen LogP contribution in [0.4, 0.5) is 0 Å². The molecule has 1 aliphatic rings. The molecule has 0 aromatic heterocycles. The minimum Gasteiger partial charge on any atom is -0.469 e. The molecule has 1 saturated carbocycles. The Bertz CT molecular complexity index is 478. The van der Waals surface area contributed by atoms with Crippen LogP contribution < -0.4 is 0 Å². The highest BCUT2D eigenvalue weighted by atomic mass is 16.5. The van der Waals surface area contributed by atoms with Gasteiger partial charge in [-0.25, -0.2) is 0 Å². The molecule has 0 bridgehead atoms. The normalized spacial score (nSPS) is 18.2. The van der Waals surface area contributed by atoms with Gasteiger partial charge in [0, 0.05) is 12.5 Å². The molecule has 0 aromatic rings. The van der Waals surface area contributed by atoms with E-state index in [1.807, 2.05) is 0 Å². The van der Waals surface area contributed by atoms with Crippen molar-refractivity contribution in [1.82, 2.24) is 4.90 Å². The van der Waals surface area contributed by atoms with E-state index in [-0.39, 0.29) is 5.97 Å². The monoisotopic (exact) mass is 493 g/mol. The van der Waals surface area contributed by atoms with Crippen LogP contribution in [-0.2, 0) is 9.53 Å². The molecule has 0 spiro atoms. The lowest BCUT2D eigenvalue weighted by Crippen LogP contribution is -2.30. The zero-order valence-electron chi connectivity index (χ0n) is 24.5. The van der Waals surface area contributed by atoms with E-state index < -0.39 is 0 Å². The van der Waals surface area contributed by atoms with Crippen LogP contribution in [0.2, 0.25) is 0 Å². The Hall–Kier alpha value is -0.570. The van der Waals surface area contributed by atoms with E-state index in [2.05, 4.69) is 25.9 Å². The average Bonchev–Trinajstić information content (AvgIpc) is 3.61. The molecule has 0 aromatic carbocycles. The highest BCUT2D eigenvalue weighted by Gasteiger charge is 2.42. The summed E-state index contributed by atoms with van der Waals surface area (Å²) in [5, 5.41) is 0. The van der Waals surface area contributed by atoms with Crippen molar-refractivity contribution in [3.05, 3.63) is 0 Å². The van der Waals surface area contributed by atoms with Crippen molar-refractivity contribution in [1.29, 1.82) is 0 Å². The van der Waals surface area contributed by atoms with Gasteiger partial charge in [0.05, 0.1) is 7.11 Å². The van der Waals surface area contributed by atoms with Gasteiger partial charge in [-0.3, -0.25) is 4.79 Å². The predicted molar refractivity (Wildman–Crippen MR) is 153 cm³/mol. The number of carbonyl (C=O) groups is 1. The molecule has 3 atom stereocenters. The summed E-state index contributed by atoms with van der Waals surface area (Å²) in [4.78, 5) is 13.7. The van der Waals surface area contributed by atoms with E-state index in [4.69, 9.17) is 4.74 Å². The molecule has 0 N–H and O–H groups in total. The van der Waals surface area contributed by atoms with Crippen molar-refractivity contribution < 1.29 is 9.53 Å². The first kappa shape index (κ1) is 32.5. The van der Waals surface area contributed by atoms with Crippen molar-refractivity contribution in [3.63, 3.8) is 0 Å². The van der Waals surface area contributed by atoms with Crippen LogP contribution in [0.3, 0.4) is 0 Å². The van der Waals surface area contributed by atoms with E-state index >= 15 is 0 Å². The number of methoxy groups -OCH3 is 1. The van der Waals surface area contributed by atoms with E-state index in [0.29, 0.717) is 6.42 Å². The maximum atomic E-state index is 11.2. The zero-order valence-corrected chi connectivity index (χ0v) is 24.5. The molecular weight excluding hydrogens is 430 g/mol. The van der Waals surface area contributed by atoms with E-state index in [1.165, 1.54) is 148 Å². The molecule has 0 aliphatic heterocycles. The van der Waals surface area contributed by atoms with Crippen LogP contribution in [0.5, 0.6) is 0 Å². The standard InChI is InChI=1S/C32H63NO2/c1-5-6-7-8-9-10-11-12-13-14-15-16-17-20-23-26-31(33(2)3)30-28-29(30)25-22-19-18-21-24-27-32(34)35-4/h29-31H,5-28H2,1-4H3. The van der Waals surface area contributed by atoms with Gasteiger partial charge in [0.15, 0.2) is 0 Å². The molecule has 35 heavy (non-hydrogen) atoms. The first-order chi connectivity index (χ1) is 17.1. The van der Waals surface area contributed by atoms with Crippen molar-refractivity contribution in [2.24, 2.45) is 11.8 Å². The smallest absolute Gasteiger partial charge is 0.305 e. The summed E-state index contributed by atoms with van der Waals surface area (Å²) in [5.74, 6) is 1.87. The fourth-order valence-electron chi connectivity index (χ4n) is 5.96. The van der Waals surface area contributed by atoms with E-state index in [9.17, 15) is 4.79 Å². The van der Waals surface area contributed by atoms with Gasteiger partial charge in [-0.05, 0) is 45.2 Å². The number of rotatable bonds is 26. The van der Waals surface area contributed by atoms with E-state index in [0.717, 1.165) is 24.3 Å². The lowest BCUT2D eigenvalue weighted by molar-refractivity contribution is -0.140. The highest BCUT2D eigenvalue weighted by Crippen LogP contribution is 2.47. The highest BCUT2D eigenvalue weighted by molar-refractivity contribution is 5.68. The topological polar surface area (TPSA) is 29.5 Å². The Labute approximate surface area is 220 Å². The molecule has 3 unspecified atom stereocenters. The molecule has 3 heteroatoms. The number of carbonyl (C=O) groups excluding carboxylic acids is 1. The second-order valence-electron chi connectivity index (χ2n) is 11.8. The molecule has 1 fully saturated rings. The Balaban J connectivity index is 1.91. The third kappa shape index (κ3) is 18.3. The Morgan fingerprint density at radius 1 is 0.714 bits per heavy atom. The lowest BCUT2D eigenvalue weighted by Gasteiger charge is -2.25. The molecular formula is C32H63NO2. The van der Waals surface area contributed by atoms with Gasteiger partial charge in [0.1, 0.15) is 0 Å². The molecule has 0 heterocycles. The molecule has 1 rings (SSSR count). The lowest BCUT2D eigenvalue weighted by atomic mass is 9.98. The quantitative estimate of drug-likeness (QED) is 0.0887. The van der Waals surface area contributed by atoms with Crippen LogP contribution in [-0.4, -0.2) is 38.1 Å². The SMILES string of the molecule is CCCCCCCCCCCCCCCCCC(C1CC1CCCCCCCC(=O)OC)N(C)C. The minimum absolute atomic E-state index is 0.0605. The molecule has 0 amide bonds. The second kappa shape index (κ2) is 22.6.